The van der Waals surface area contributed by atoms with E-state index in [0.29, 0.717) is 6.54 Å². The van der Waals surface area contributed by atoms with E-state index in [1.54, 1.807) is 25.4 Å². The highest BCUT2D eigenvalue weighted by molar-refractivity contribution is 7.90. The summed E-state index contributed by atoms with van der Waals surface area (Å²) in [5.41, 5.74) is 1.94. The highest BCUT2D eigenvalue weighted by atomic mass is 32.2. The van der Waals surface area contributed by atoms with Crippen LogP contribution in [0.25, 0.3) is 0 Å². The highest BCUT2D eigenvalue weighted by Crippen LogP contribution is 2.18. The van der Waals surface area contributed by atoms with E-state index in [2.05, 4.69) is 15.0 Å². The highest BCUT2D eigenvalue weighted by Gasteiger charge is 2.13. The molecule has 2 rings (SSSR count). The van der Waals surface area contributed by atoms with Crippen LogP contribution in [0.3, 0.4) is 0 Å². The van der Waals surface area contributed by atoms with Gasteiger partial charge in [0.25, 0.3) is 0 Å². The van der Waals surface area contributed by atoms with E-state index in [1.165, 1.54) is 14.1 Å². The first-order valence-electron chi connectivity index (χ1n) is 7.44. The third kappa shape index (κ3) is 4.84. The van der Waals surface area contributed by atoms with Gasteiger partial charge < -0.3 is 10.1 Å². The summed E-state index contributed by atoms with van der Waals surface area (Å²) in [4.78, 5) is 4.10. The molecule has 1 heterocycles. The van der Waals surface area contributed by atoms with Gasteiger partial charge in [0.1, 0.15) is 11.6 Å². The molecule has 0 saturated heterocycles. The first kappa shape index (κ1) is 18.0. The van der Waals surface area contributed by atoms with Crippen LogP contribution in [-0.4, -0.2) is 45.5 Å². The number of ether oxygens (including phenoxy) is 1. The molecule has 0 amide bonds. The Morgan fingerprint density at radius 3 is 2.54 bits per heavy atom. The first-order valence-corrected chi connectivity index (χ1v) is 8.88. The molecule has 0 bridgehead atoms. The van der Waals surface area contributed by atoms with Gasteiger partial charge in [-0.15, -0.1) is 0 Å². The fourth-order valence-electron chi connectivity index (χ4n) is 2.03. The van der Waals surface area contributed by atoms with Gasteiger partial charge in [0.15, 0.2) is 0 Å². The van der Waals surface area contributed by atoms with E-state index < -0.39 is 10.2 Å². The molecule has 2 N–H and O–H groups in total. The average molecular weight is 350 g/mol. The van der Waals surface area contributed by atoms with Crippen LogP contribution in [0.2, 0.25) is 0 Å². The molecule has 0 fully saturated rings. The topological polar surface area (TPSA) is 83.6 Å². The summed E-state index contributed by atoms with van der Waals surface area (Å²) in [6.07, 6.45) is 2.40. The van der Waals surface area contributed by atoms with Crippen LogP contribution in [0, 0.1) is 0 Å². The van der Waals surface area contributed by atoms with Crippen molar-refractivity contribution in [3.05, 3.63) is 48.2 Å². The van der Waals surface area contributed by atoms with Gasteiger partial charge in [-0.25, -0.2) is 4.98 Å². The molecule has 7 nitrogen and oxygen atoms in total. The van der Waals surface area contributed by atoms with Crippen LogP contribution in [0.4, 0.5) is 11.5 Å². The standard InChI is InChI=1S/C16H22N4O3S/c1-20(2)24(21,22)19-16-9-8-14(12-18-16)17-11-10-13-6-4-5-7-15(13)23-3/h4-9,12,17H,10-11H2,1-3H3,(H,18,19). The molecule has 0 aliphatic rings. The van der Waals surface area contributed by atoms with Gasteiger partial charge in [-0.3, -0.25) is 4.72 Å². The Labute approximate surface area is 142 Å². The number of benzene rings is 1. The molecule has 0 saturated carbocycles. The van der Waals surface area contributed by atoms with Crippen molar-refractivity contribution in [2.75, 3.05) is 37.8 Å². The predicted octanol–water partition coefficient (Wildman–Crippen LogP) is 1.96. The Hall–Kier alpha value is -2.32. The SMILES string of the molecule is COc1ccccc1CCNc1ccc(NS(=O)(=O)N(C)C)nc1. The van der Waals surface area contributed by atoms with E-state index in [4.69, 9.17) is 4.74 Å². The van der Waals surface area contributed by atoms with Gasteiger partial charge in [0, 0.05) is 20.6 Å². The molecular formula is C16H22N4O3S. The molecule has 1 aromatic carbocycles. The maximum absolute atomic E-state index is 11.7. The minimum Gasteiger partial charge on any atom is -0.496 e. The summed E-state index contributed by atoms with van der Waals surface area (Å²) in [5, 5.41) is 3.25. The quantitative estimate of drug-likeness (QED) is 0.760. The number of nitrogens with one attached hydrogen (secondary N) is 2. The zero-order valence-electron chi connectivity index (χ0n) is 14.0. The van der Waals surface area contributed by atoms with Gasteiger partial charge >= 0.3 is 10.2 Å². The fraction of sp³-hybridized carbons (Fsp3) is 0.312. The van der Waals surface area contributed by atoms with Gasteiger partial charge in [-0.05, 0) is 30.2 Å². The molecule has 0 aliphatic heterocycles. The van der Waals surface area contributed by atoms with Crippen molar-refractivity contribution < 1.29 is 13.2 Å². The smallest absolute Gasteiger partial charge is 0.302 e. The van der Waals surface area contributed by atoms with Crippen molar-refractivity contribution in [1.82, 2.24) is 9.29 Å². The van der Waals surface area contributed by atoms with Crippen LogP contribution in [-0.2, 0) is 16.6 Å². The number of hydrogen-bond acceptors (Lipinski definition) is 5. The molecule has 0 spiro atoms. The second-order valence-electron chi connectivity index (χ2n) is 5.31. The summed E-state index contributed by atoms with van der Waals surface area (Å²) in [5.74, 6) is 1.14. The zero-order chi connectivity index (χ0) is 17.6. The van der Waals surface area contributed by atoms with Crippen molar-refractivity contribution in [3.8, 4) is 5.75 Å². The minimum absolute atomic E-state index is 0.277. The first-order chi connectivity index (χ1) is 11.4. The Kier molecular flexibility index (Phi) is 5.99. The van der Waals surface area contributed by atoms with Gasteiger partial charge in [0.2, 0.25) is 0 Å². The van der Waals surface area contributed by atoms with Crippen molar-refractivity contribution >= 4 is 21.7 Å². The lowest BCUT2D eigenvalue weighted by atomic mass is 10.1. The number of nitrogens with zero attached hydrogens (tertiary/aromatic N) is 2. The minimum atomic E-state index is -3.54. The monoisotopic (exact) mass is 350 g/mol. The van der Waals surface area contributed by atoms with E-state index in [0.717, 1.165) is 27.7 Å². The maximum atomic E-state index is 11.7. The molecule has 0 aliphatic carbocycles. The summed E-state index contributed by atoms with van der Waals surface area (Å²) in [7, 11) is 1.03. The Balaban J connectivity index is 1.90. The Bertz CT molecular complexity index is 761. The van der Waals surface area contributed by atoms with Crippen LogP contribution >= 0.6 is 0 Å². The van der Waals surface area contributed by atoms with E-state index in [9.17, 15) is 8.42 Å². The van der Waals surface area contributed by atoms with Crippen molar-refractivity contribution in [3.63, 3.8) is 0 Å². The Morgan fingerprint density at radius 2 is 1.92 bits per heavy atom. The normalized spacial score (nSPS) is 11.3. The summed E-state index contributed by atoms with van der Waals surface area (Å²) >= 11 is 0. The van der Waals surface area contributed by atoms with E-state index in [-0.39, 0.29) is 5.82 Å². The molecule has 0 radical (unpaired) electrons. The second-order valence-corrected chi connectivity index (χ2v) is 7.19. The molecule has 2 aromatic rings. The van der Waals surface area contributed by atoms with Crippen LogP contribution < -0.4 is 14.8 Å². The largest absolute Gasteiger partial charge is 0.496 e. The molecule has 24 heavy (non-hydrogen) atoms. The van der Waals surface area contributed by atoms with Crippen molar-refractivity contribution in [1.29, 1.82) is 0 Å². The number of para-hydroxylation sites is 1. The predicted molar refractivity (Wildman–Crippen MR) is 95.7 cm³/mol. The van der Waals surface area contributed by atoms with Crippen LogP contribution in [0.1, 0.15) is 5.56 Å². The van der Waals surface area contributed by atoms with Crippen LogP contribution in [0.15, 0.2) is 42.6 Å². The van der Waals surface area contributed by atoms with Crippen LogP contribution in [0.5, 0.6) is 5.75 Å². The van der Waals surface area contributed by atoms with Gasteiger partial charge in [-0.1, -0.05) is 18.2 Å². The third-order valence-corrected chi connectivity index (χ3v) is 4.82. The third-order valence-electron chi connectivity index (χ3n) is 3.39. The molecule has 0 unspecified atom stereocenters. The summed E-state index contributed by atoms with van der Waals surface area (Å²) in [6, 6.07) is 11.3. The number of rotatable bonds is 8. The van der Waals surface area contributed by atoms with Crippen molar-refractivity contribution in [2.24, 2.45) is 0 Å². The molecule has 130 valence electrons. The maximum Gasteiger partial charge on any atom is 0.302 e. The molecular weight excluding hydrogens is 328 g/mol. The lowest BCUT2D eigenvalue weighted by Crippen LogP contribution is -2.29. The molecule has 0 atom stereocenters. The molecule has 8 heteroatoms. The van der Waals surface area contributed by atoms with Gasteiger partial charge in [-0.2, -0.15) is 12.7 Å². The second kappa shape index (κ2) is 7.98. The number of anilines is 2. The summed E-state index contributed by atoms with van der Waals surface area (Å²) in [6.45, 7) is 0.713. The van der Waals surface area contributed by atoms with Crippen molar-refractivity contribution in [2.45, 2.75) is 6.42 Å². The summed E-state index contributed by atoms with van der Waals surface area (Å²) < 4.78 is 32.2. The number of hydrogen-bond donors (Lipinski definition) is 2. The number of aromatic nitrogens is 1. The number of methoxy groups -OCH3 is 1. The fourth-order valence-corrected chi connectivity index (χ4v) is 2.60. The van der Waals surface area contributed by atoms with E-state index >= 15 is 0 Å². The van der Waals surface area contributed by atoms with E-state index in [1.807, 2.05) is 24.3 Å². The number of pyridine rings is 1. The lowest BCUT2D eigenvalue weighted by molar-refractivity contribution is 0.410. The Morgan fingerprint density at radius 1 is 1.17 bits per heavy atom. The zero-order valence-corrected chi connectivity index (χ0v) is 14.8. The lowest BCUT2D eigenvalue weighted by Gasteiger charge is -2.13. The molecule has 1 aromatic heterocycles. The van der Waals surface area contributed by atoms with Gasteiger partial charge in [0.05, 0.1) is 19.0 Å². The average Bonchev–Trinajstić information content (AvgIpc) is 2.56.